The maximum atomic E-state index is 10.6. The van der Waals surface area contributed by atoms with Crippen molar-refractivity contribution in [1.82, 2.24) is 0 Å². The van der Waals surface area contributed by atoms with Gasteiger partial charge >= 0.3 is 0 Å². The molecule has 0 radical (unpaired) electrons. The monoisotopic (exact) mass is 286 g/mol. The summed E-state index contributed by atoms with van der Waals surface area (Å²) in [5.74, 6) is 0.375. The topological polar surface area (TPSA) is 40.5 Å². The number of fused-ring (bicyclic) bond motifs is 2. The molecule has 0 atom stereocenters. The number of aromatic hydroxyl groups is 2. The molecule has 0 aliphatic carbocycles. The largest absolute Gasteiger partial charge is 0.507 e. The van der Waals surface area contributed by atoms with Crippen LogP contribution in [0.2, 0.25) is 0 Å². The molecule has 0 amide bonds. The van der Waals surface area contributed by atoms with Gasteiger partial charge in [-0.05, 0) is 28.5 Å². The molecule has 4 aromatic rings. The lowest BCUT2D eigenvalue weighted by Gasteiger charge is -2.11. The third-order valence-corrected chi connectivity index (χ3v) is 4.05. The average Bonchev–Trinajstić information content (AvgIpc) is 2.58. The Labute approximate surface area is 127 Å². The fourth-order valence-corrected chi connectivity index (χ4v) is 2.92. The molecule has 0 saturated heterocycles. The second-order valence-corrected chi connectivity index (χ2v) is 5.40. The first-order valence-electron chi connectivity index (χ1n) is 7.17. The second-order valence-electron chi connectivity index (χ2n) is 5.40. The van der Waals surface area contributed by atoms with Crippen LogP contribution >= 0.6 is 0 Å². The smallest absolute Gasteiger partial charge is 0.131 e. The van der Waals surface area contributed by atoms with Gasteiger partial charge in [-0.25, -0.2) is 0 Å². The quantitative estimate of drug-likeness (QED) is 0.479. The Morgan fingerprint density at radius 2 is 1.27 bits per heavy atom. The highest BCUT2D eigenvalue weighted by Crippen LogP contribution is 2.41. The molecule has 0 heterocycles. The normalized spacial score (nSPS) is 11.1. The van der Waals surface area contributed by atoms with Gasteiger partial charge in [0.05, 0.1) is 0 Å². The van der Waals surface area contributed by atoms with E-state index in [9.17, 15) is 10.2 Å². The highest BCUT2D eigenvalue weighted by Gasteiger charge is 2.12. The molecule has 106 valence electrons. The number of benzene rings is 4. The summed E-state index contributed by atoms with van der Waals surface area (Å²) in [5, 5.41) is 24.4. The van der Waals surface area contributed by atoms with Crippen LogP contribution < -0.4 is 0 Å². The van der Waals surface area contributed by atoms with E-state index >= 15 is 0 Å². The Morgan fingerprint density at radius 1 is 0.591 bits per heavy atom. The number of phenolic OH excluding ortho intramolecular Hbond substituents is 2. The molecule has 4 rings (SSSR count). The first-order chi connectivity index (χ1) is 10.7. The Bertz CT molecular complexity index is 1000. The second kappa shape index (κ2) is 4.78. The predicted octanol–water partition coefficient (Wildman–Crippen LogP) is 5.07. The molecule has 0 bridgehead atoms. The zero-order valence-electron chi connectivity index (χ0n) is 11.8. The van der Waals surface area contributed by atoms with Crippen molar-refractivity contribution < 1.29 is 10.2 Å². The molecule has 0 fully saturated rings. The summed E-state index contributed by atoms with van der Waals surface area (Å²) in [6, 6.07) is 23.0. The van der Waals surface area contributed by atoms with Gasteiger partial charge in [0.2, 0.25) is 0 Å². The summed E-state index contributed by atoms with van der Waals surface area (Å²) >= 11 is 0. The van der Waals surface area contributed by atoms with Crippen molar-refractivity contribution in [2.45, 2.75) is 0 Å². The van der Waals surface area contributed by atoms with Crippen LogP contribution in [0, 0.1) is 0 Å². The van der Waals surface area contributed by atoms with E-state index < -0.39 is 0 Å². The van der Waals surface area contributed by atoms with Gasteiger partial charge in [0.15, 0.2) is 0 Å². The fraction of sp³-hybridized carbons (Fsp3) is 0. The lowest BCUT2D eigenvalue weighted by Crippen LogP contribution is -1.83. The van der Waals surface area contributed by atoms with Gasteiger partial charge < -0.3 is 10.2 Å². The van der Waals surface area contributed by atoms with Crippen LogP contribution in [-0.2, 0) is 0 Å². The Morgan fingerprint density at radius 3 is 2.09 bits per heavy atom. The summed E-state index contributed by atoms with van der Waals surface area (Å²) in [6.45, 7) is 0. The van der Waals surface area contributed by atoms with Crippen LogP contribution in [0.4, 0.5) is 0 Å². The van der Waals surface area contributed by atoms with E-state index in [1.807, 2.05) is 54.6 Å². The molecule has 0 saturated carbocycles. The number of phenols is 2. The zero-order chi connectivity index (χ0) is 15.1. The van der Waals surface area contributed by atoms with E-state index in [-0.39, 0.29) is 11.5 Å². The van der Waals surface area contributed by atoms with E-state index in [2.05, 4.69) is 6.07 Å². The van der Waals surface area contributed by atoms with E-state index in [1.165, 1.54) is 0 Å². The van der Waals surface area contributed by atoms with Crippen molar-refractivity contribution in [2.75, 3.05) is 0 Å². The lowest BCUT2D eigenvalue weighted by atomic mass is 9.97. The van der Waals surface area contributed by atoms with Gasteiger partial charge in [0.1, 0.15) is 11.5 Å². The highest BCUT2D eigenvalue weighted by atomic mass is 16.3. The average molecular weight is 286 g/mol. The highest BCUT2D eigenvalue weighted by molar-refractivity contribution is 6.00. The van der Waals surface area contributed by atoms with Crippen molar-refractivity contribution in [3.05, 3.63) is 72.8 Å². The van der Waals surface area contributed by atoms with Crippen molar-refractivity contribution in [3.63, 3.8) is 0 Å². The molecular formula is C20H14O2. The third kappa shape index (κ3) is 1.89. The van der Waals surface area contributed by atoms with Gasteiger partial charge in [-0.2, -0.15) is 0 Å². The first-order valence-corrected chi connectivity index (χ1v) is 7.17. The van der Waals surface area contributed by atoms with E-state index in [1.54, 1.807) is 12.1 Å². The predicted molar refractivity (Wildman–Crippen MR) is 90.2 cm³/mol. The molecule has 0 unspecified atom stereocenters. The van der Waals surface area contributed by atoms with Crippen molar-refractivity contribution in [3.8, 4) is 22.6 Å². The molecular weight excluding hydrogens is 272 g/mol. The standard InChI is InChI=1S/C20H14O2/c21-19-12-18(20(22)17-8-4-3-7-16(17)19)15-10-9-13-5-1-2-6-14(13)11-15/h1-12,21-22H. The van der Waals surface area contributed by atoms with Crippen LogP contribution in [0.5, 0.6) is 11.5 Å². The minimum absolute atomic E-state index is 0.177. The maximum absolute atomic E-state index is 10.6. The number of hydrogen-bond acceptors (Lipinski definition) is 2. The molecule has 22 heavy (non-hydrogen) atoms. The van der Waals surface area contributed by atoms with Gasteiger partial charge in [0.25, 0.3) is 0 Å². The molecule has 2 N–H and O–H groups in total. The van der Waals surface area contributed by atoms with Crippen molar-refractivity contribution >= 4 is 21.5 Å². The minimum Gasteiger partial charge on any atom is -0.507 e. The first kappa shape index (κ1) is 12.7. The van der Waals surface area contributed by atoms with Crippen LogP contribution in [-0.4, -0.2) is 10.2 Å². The van der Waals surface area contributed by atoms with Crippen LogP contribution in [0.1, 0.15) is 0 Å². The van der Waals surface area contributed by atoms with Gasteiger partial charge in [-0.3, -0.25) is 0 Å². The van der Waals surface area contributed by atoms with E-state index in [0.29, 0.717) is 16.3 Å². The molecule has 0 aliphatic rings. The number of hydrogen-bond donors (Lipinski definition) is 2. The molecule has 2 heteroatoms. The van der Waals surface area contributed by atoms with Gasteiger partial charge in [-0.1, -0.05) is 60.7 Å². The van der Waals surface area contributed by atoms with Gasteiger partial charge in [-0.15, -0.1) is 0 Å². The third-order valence-electron chi connectivity index (χ3n) is 4.05. The Kier molecular flexibility index (Phi) is 2.76. The van der Waals surface area contributed by atoms with Crippen molar-refractivity contribution in [1.29, 1.82) is 0 Å². The Balaban J connectivity index is 2.01. The van der Waals surface area contributed by atoms with E-state index in [4.69, 9.17) is 0 Å². The molecule has 0 spiro atoms. The lowest BCUT2D eigenvalue weighted by molar-refractivity contribution is 0.471. The minimum atomic E-state index is 0.177. The summed E-state index contributed by atoms with van der Waals surface area (Å²) in [7, 11) is 0. The molecule has 4 aromatic carbocycles. The summed E-state index contributed by atoms with van der Waals surface area (Å²) in [5.41, 5.74) is 1.53. The maximum Gasteiger partial charge on any atom is 0.131 e. The SMILES string of the molecule is Oc1cc(-c2ccc3ccccc3c2)c(O)c2ccccc12. The van der Waals surface area contributed by atoms with Crippen LogP contribution in [0.3, 0.4) is 0 Å². The number of rotatable bonds is 1. The zero-order valence-corrected chi connectivity index (χ0v) is 11.8. The molecule has 0 aromatic heterocycles. The summed E-state index contributed by atoms with van der Waals surface area (Å²) in [6.07, 6.45) is 0. The van der Waals surface area contributed by atoms with E-state index in [0.717, 1.165) is 16.3 Å². The van der Waals surface area contributed by atoms with Gasteiger partial charge in [0, 0.05) is 16.3 Å². The fourth-order valence-electron chi connectivity index (χ4n) is 2.92. The van der Waals surface area contributed by atoms with Crippen LogP contribution in [0.25, 0.3) is 32.7 Å². The van der Waals surface area contributed by atoms with Crippen LogP contribution in [0.15, 0.2) is 72.8 Å². The molecule has 2 nitrogen and oxygen atoms in total. The summed E-state index contributed by atoms with van der Waals surface area (Å²) in [4.78, 5) is 0. The summed E-state index contributed by atoms with van der Waals surface area (Å²) < 4.78 is 0. The Hall–Kier alpha value is -3.00. The molecule has 0 aliphatic heterocycles. The van der Waals surface area contributed by atoms with Crippen molar-refractivity contribution in [2.24, 2.45) is 0 Å².